The summed E-state index contributed by atoms with van der Waals surface area (Å²) in [6.45, 7) is 4.80. The minimum absolute atomic E-state index is 0.144. The summed E-state index contributed by atoms with van der Waals surface area (Å²) in [5, 5.41) is 20.6. The first-order valence-corrected chi connectivity index (χ1v) is 5.18. The van der Waals surface area contributed by atoms with Crippen LogP contribution in [0.1, 0.15) is 27.2 Å². The Balaban J connectivity index is 4.25. The van der Waals surface area contributed by atoms with Gasteiger partial charge in [-0.3, -0.25) is 0 Å². The predicted molar refractivity (Wildman–Crippen MR) is 55.0 cm³/mol. The molecule has 0 radical (unpaired) electrons. The van der Waals surface area contributed by atoms with Gasteiger partial charge >= 0.3 is 6.18 Å². The maximum absolute atomic E-state index is 12.5. The van der Waals surface area contributed by atoms with Gasteiger partial charge in [0.1, 0.15) is 0 Å². The summed E-state index contributed by atoms with van der Waals surface area (Å²) in [4.78, 5) is 0. The first kappa shape index (κ1) is 15.7. The van der Waals surface area contributed by atoms with E-state index in [0.29, 0.717) is 0 Å². The second-order valence-corrected chi connectivity index (χ2v) is 4.86. The van der Waals surface area contributed by atoms with Gasteiger partial charge in [-0.05, 0) is 33.7 Å². The molecule has 0 spiro atoms. The maximum atomic E-state index is 12.5. The highest BCUT2D eigenvalue weighted by Gasteiger charge is 2.43. The van der Waals surface area contributed by atoms with Crippen LogP contribution in [0.25, 0.3) is 0 Å². The van der Waals surface area contributed by atoms with E-state index in [-0.39, 0.29) is 18.5 Å². The van der Waals surface area contributed by atoms with Crippen molar-refractivity contribution in [1.82, 2.24) is 5.32 Å². The van der Waals surface area contributed by atoms with Crippen molar-refractivity contribution in [2.45, 2.75) is 45.0 Å². The molecular weight excluding hydrogens is 223 g/mol. The maximum Gasteiger partial charge on any atom is 0.394 e. The second-order valence-electron chi connectivity index (χ2n) is 4.86. The fourth-order valence-electron chi connectivity index (χ4n) is 1.30. The number of hydrogen-bond acceptors (Lipinski definition) is 3. The Hall–Kier alpha value is -0.330. The third kappa shape index (κ3) is 6.30. The van der Waals surface area contributed by atoms with Crippen LogP contribution in [-0.4, -0.2) is 41.2 Å². The predicted octanol–water partition coefficient (Wildman–Crippen LogP) is 1.30. The molecule has 2 unspecified atom stereocenters. The molecule has 0 saturated heterocycles. The van der Waals surface area contributed by atoms with Crippen molar-refractivity contribution in [3.63, 3.8) is 0 Å². The summed E-state index contributed by atoms with van der Waals surface area (Å²) < 4.78 is 37.4. The lowest BCUT2D eigenvalue weighted by molar-refractivity contribution is -0.205. The molecule has 0 aliphatic heterocycles. The van der Waals surface area contributed by atoms with Gasteiger partial charge in [-0.25, -0.2) is 0 Å². The third-order valence-corrected chi connectivity index (χ3v) is 2.18. The van der Waals surface area contributed by atoms with E-state index in [0.717, 1.165) is 0 Å². The van der Waals surface area contributed by atoms with Crippen molar-refractivity contribution in [3.05, 3.63) is 0 Å². The van der Waals surface area contributed by atoms with E-state index in [9.17, 15) is 13.2 Å². The van der Waals surface area contributed by atoms with Crippen LogP contribution < -0.4 is 5.32 Å². The average molecular weight is 243 g/mol. The van der Waals surface area contributed by atoms with Crippen molar-refractivity contribution in [1.29, 1.82) is 0 Å². The van der Waals surface area contributed by atoms with Crippen molar-refractivity contribution in [3.8, 4) is 0 Å². The van der Waals surface area contributed by atoms with E-state index in [1.807, 2.05) is 20.8 Å². The lowest BCUT2D eigenvalue weighted by Crippen LogP contribution is -2.42. The highest BCUT2D eigenvalue weighted by atomic mass is 19.4. The topological polar surface area (TPSA) is 52.5 Å². The van der Waals surface area contributed by atoms with Crippen LogP contribution in [0.5, 0.6) is 0 Å². The van der Waals surface area contributed by atoms with Crippen molar-refractivity contribution in [2.24, 2.45) is 5.92 Å². The van der Waals surface area contributed by atoms with Gasteiger partial charge in [0.2, 0.25) is 0 Å². The van der Waals surface area contributed by atoms with E-state index in [2.05, 4.69) is 5.32 Å². The molecule has 3 N–H and O–H groups in total. The molecule has 0 fully saturated rings. The normalized spacial score (nSPS) is 17.2. The van der Waals surface area contributed by atoms with Gasteiger partial charge in [-0.15, -0.1) is 0 Å². The Kier molecular flexibility index (Phi) is 5.72. The number of rotatable bonds is 5. The summed E-state index contributed by atoms with van der Waals surface area (Å²) >= 11 is 0. The zero-order valence-corrected chi connectivity index (χ0v) is 9.80. The number of nitrogens with one attached hydrogen (secondary N) is 1. The van der Waals surface area contributed by atoms with Gasteiger partial charge < -0.3 is 15.5 Å². The Morgan fingerprint density at radius 3 is 2.00 bits per heavy atom. The summed E-state index contributed by atoms with van der Waals surface area (Å²) in [5.74, 6) is -1.88. The zero-order chi connectivity index (χ0) is 13.0. The minimum atomic E-state index is -4.48. The Bertz CT molecular complexity index is 201. The van der Waals surface area contributed by atoms with Crippen LogP contribution in [0.3, 0.4) is 0 Å². The first-order valence-electron chi connectivity index (χ1n) is 5.18. The summed E-state index contributed by atoms with van der Waals surface area (Å²) in [6, 6.07) is 0. The lowest BCUT2D eigenvalue weighted by Gasteiger charge is -2.26. The molecule has 0 rings (SSSR count). The average Bonchev–Trinajstić information content (AvgIpc) is 2.07. The smallest absolute Gasteiger partial charge is 0.394 e. The molecule has 0 aliphatic rings. The van der Waals surface area contributed by atoms with Crippen molar-refractivity contribution < 1.29 is 23.4 Å². The molecule has 0 aromatic rings. The highest BCUT2D eigenvalue weighted by Crippen LogP contribution is 2.31. The lowest BCUT2D eigenvalue weighted by atomic mass is 9.97. The number of halogens is 3. The van der Waals surface area contributed by atoms with Gasteiger partial charge in [0.25, 0.3) is 0 Å². The van der Waals surface area contributed by atoms with Gasteiger partial charge in [0.05, 0.1) is 18.6 Å². The summed E-state index contributed by atoms with van der Waals surface area (Å²) in [7, 11) is 0. The molecule has 98 valence electrons. The van der Waals surface area contributed by atoms with Gasteiger partial charge in [-0.1, -0.05) is 0 Å². The van der Waals surface area contributed by atoms with Crippen LogP contribution in [0.2, 0.25) is 0 Å². The minimum Gasteiger partial charge on any atom is -0.394 e. The second kappa shape index (κ2) is 5.84. The molecule has 6 heteroatoms. The van der Waals surface area contributed by atoms with Crippen LogP contribution in [0.4, 0.5) is 13.2 Å². The van der Waals surface area contributed by atoms with E-state index in [4.69, 9.17) is 10.2 Å². The molecule has 16 heavy (non-hydrogen) atoms. The van der Waals surface area contributed by atoms with E-state index in [1.54, 1.807) is 0 Å². The van der Waals surface area contributed by atoms with E-state index < -0.39 is 24.8 Å². The SMILES string of the molecule is CC(C)(C)NCCC(C(O)CO)C(F)(F)F. The van der Waals surface area contributed by atoms with E-state index in [1.165, 1.54) is 0 Å². The van der Waals surface area contributed by atoms with E-state index >= 15 is 0 Å². The van der Waals surface area contributed by atoms with Gasteiger partial charge in [-0.2, -0.15) is 13.2 Å². The third-order valence-electron chi connectivity index (χ3n) is 2.18. The first-order chi connectivity index (χ1) is 7.08. The molecule has 0 saturated carbocycles. The number of alkyl halides is 3. The fourth-order valence-corrected chi connectivity index (χ4v) is 1.30. The Labute approximate surface area is 93.7 Å². The molecule has 0 aliphatic carbocycles. The summed E-state index contributed by atoms with van der Waals surface area (Å²) in [6.07, 6.45) is -6.48. The molecule has 3 nitrogen and oxygen atoms in total. The summed E-state index contributed by atoms with van der Waals surface area (Å²) in [5.41, 5.74) is -0.264. The zero-order valence-electron chi connectivity index (χ0n) is 9.80. The monoisotopic (exact) mass is 243 g/mol. The van der Waals surface area contributed by atoms with Crippen LogP contribution in [0, 0.1) is 5.92 Å². The molecule has 0 bridgehead atoms. The fraction of sp³-hybridized carbons (Fsp3) is 1.00. The Morgan fingerprint density at radius 1 is 1.19 bits per heavy atom. The van der Waals surface area contributed by atoms with Crippen LogP contribution in [-0.2, 0) is 0 Å². The van der Waals surface area contributed by atoms with Gasteiger partial charge in [0, 0.05) is 5.54 Å². The number of hydrogen-bond donors (Lipinski definition) is 3. The standard InChI is InChI=1S/C10H20F3NO2/c1-9(2,3)14-5-4-7(8(16)6-15)10(11,12)13/h7-8,14-16H,4-6H2,1-3H3. The molecule has 0 aromatic heterocycles. The largest absolute Gasteiger partial charge is 0.394 e. The quantitative estimate of drug-likeness (QED) is 0.682. The van der Waals surface area contributed by atoms with Crippen molar-refractivity contribution >= 4 is 0 Å². The molecule has 2 atom stereocenters. The molecule has 0 heterocycles. The number of aliphatic hydroxyl groups excluding tert-OH is 2. The molecule has 0 amide bonds. The number of aliphatic hydroxyl groups is 2. The molecular formula is C10H20F3NO2. The Morgan fingerprint density at radius 2 is 1.69 bits per heavy atom. The molecule has 0 aromatic carbocycles. The highest BCUT2D eigenvalue weighted by molar-refractivity contribution is 4.78. The van der Waals surface area contributed by atoms with Crippen LogP contribution >= 0.6 is 0 Å². The van der Waals surface area contributed by atoms with Gasteiger partial charge in [0.15, 0.2) is 0 Å². The van der Waals surface area contributed by atoms with Crippen molar-refractivity contribution in [2.75, 3.05) is 13.2 Å². The van der Waals surface area contributed by atoms with Crippen LogP contribution in [0.15, 0.2) is 0 Å².